The maximum absolute atomic E-state index is 11.8. The summed E-state index contributed by atoms with van der Waals surface area (Å²) < 4.78 is 23.6. The topological polar surface area (TPSA) is 144 Å². The number of sulfonamides is 1. The number of carbonyl (C=O) groups is 2. The number of benzene rings is 1. The summed E-state index contributed by atoms with van der Waals surface area (Å²) in [5.74, 6) is -0.364. The van der Waals surface area contributed by atoms with Crippen molar-refractivity contribution in [1.29, 1.82) is 0 Å². The van der Waals surface area contributed by atoms with E-state index in [1.54, 1.807) is 24.4 Å². The molecule has 0 bridgehead atoms. The number of hydrogen-bond donors (Lipinski definition) is 4. The molecule has 1 saturated heterocycles. The first-order valence-corrected chi connectivity index (χ1v) is 11.4. The number of nitrogens with zero attached hydrogens (tertiary/aromatic N) is 2. The Kier molecular flexibility index (Phi) is 8.47. The van der Waals surface area contributed by atoms with Gasteiger partial charge in [-0.2, -0.15) is 5.10 Å². The third-order valence-electron chi connectivity index (χ3n) is 4.20. The minimum Gasteiger partial charge on any atom is -0.465 e. The Morgan fingerprint density at radius 3 is 2.30 bits per heavy atom. The Bertz CT molecular complexity index is 956. The first kappa shape index (κ1) is 23.9. The molecule has 1 aromatic carbocycles. The molecule has 0 atom stereocenters. The highest BCUT2D eigenvalue weighted by Gasteiger charge is 2.25. The van der Waals surface area contributed by atoms with Crippen LogP contribution >= 0.6 is 23.2 Å². The van der Waals surface area contributed by atoms with Gasteiger partial charge in [-0.1, -0.05) is 29.3 Å². The van der Waals surface area contributed by atoms with Gasteiger partial charge in [-0.05, 0) is 25.0 Å². The molecule has 3 rings (SSSR count). The van der Waals surface area contributed by atoms with Crippen LogP contribution in [0, 0.1) is 0 Å². The number of H-pyrrole nitrogens is 1. The molecular formula is C17H21Cl2N5O5S. The second-order valence-corrected chi connectivity index (χ2v) is 9.22. The largest absolute Gasteiger partial charge is 0.465 e. The van der Waals surface area contributed by atoms with Crippen molar-refractivity contribution in [2.75, 3.05) is 24.7 Å². The number of hydrogen-bond acceptors (Lipinski definition) is 5. The quantitative estimate of drug-likeness (QED) is 0.532. The van der Waals surface area contributed by atoms with E-state index in [-0.39, 0.29) is 17.5 Å². The Hall–Kier alpha value is -2.34. The molecule has 2 aromatic rings. The van der Waals surface area contributed by atoms with Crippen molar-refractivity contribution in [3.05, 3.63) is 46.2 Å². The Morgan fingerprint density at radius 2 is 1.83 bits per heavy atom. The zero-order valence-electron chi connectivity index (χ0n) is 15.9. The molecule has 4 N–H and O–H groups in total. The van der Waals surface area contributed by atoms with Gasteiger partial charge in [-0.3, -0.25) is 9.89 Å². The van der Waals surface area contributed by atoms with Crippen LogP contribution in [-0.2, 0) is 10.0 Å². The number of nitrogens with one attached hydrogen (secondary N) is 3. The molecule has 10 nitrogen and oxygen atoms in total. The van der Waals surface area contributed by atoms with Crippen LogP contribution in [0.25, 0.3) is 0 Å². The van der Waals surface area contributed by atoms with Crippen LogP contribution in [0.1, 0.15) is 23.2 Å². The molecule has 2 amide bonds. The third-order valence-corrected chi connectivity index (χ3v) is 6.13. The Labute approximate surface area is 183 Å². The maximum atomic E-state index is 11.8. The molecule has 13 heteroatoms. The molecule has 0 radical (unpaired) electrons. The van der Waals surface area contributed by atoms with Gasteiger partial charge in [0.15, 0.2) is 0 Å². The Morgan fingerprint density at radius 1 is 1.23 bits per heavy atom. The predicted molar refractivity (Wildman–Crippen MR) is 114 cm³/mol. The lowest BCUT2D eigenvalue weighted by Gasteiger charge is -2.29. The molecule has 1 aromatic heterocycles. The van der Waals surface area contributed by atoms with E-state index in [2.05, 4.69) is 20.8 Å². The second kappa shape index (κ2) is 10.6. The van der Waals surface area contributed by atoms with Crippen molar-refractivity contribution in [3.63, 3.8) is 0 Å². The number of amides is 2. The van der Waals surface area contributed by atoms with Gasteiger partial charge in [0.1, 0.15) is 0 Å². The molecule has 1 fully saturated rings. The number of carbonyl (C=O) groups excluding carboxylic acids is 1. The smallest absolute Gasteiger partial charge is 0.404 e. The SMILES string of the molecule is CS(=O)(=O)N1CCC(NC(=O)O)CC1.O=C(Nc1cn[nH]c1)c1c(Cl)cccc1Cl. The van der Waals surface area contributed by atoms with Crippen molar-refractivity contribution >= 4 is 50.9 Å². The van der Waals surface area contributed by atoms with E-state index in [0.717, 1.165) is 6.26 Å². The van der Waals surface area contributed by atoms with Crippen LogP contribution in [0.3, 0.4) is 0 Å². The lowest BCUT2D eigenvalue weighted by molar-refractivity contribution is 0.102. The van der Waals surface area contributed by atoms with Crippen LogP contribution < -0.4 is 10.6 Å². The standard InChI is InChI=1S/C10H7Cl2N3O.C7H14N2O4S/c11-7-2-1-3-8(12)9(7)10(16)15-6-4-13-14-5-6;1-14(12,13)9-4-2-6(3-5-9)8-7(10)11/h1-5H,(H,13,14)(H,15,16);6,8H,2-5H2,1H3,(H,10,11). The van der Waals surface area contributed by atoms with Crippen molar-refractivity contribution in [2.24, 2.45) is 0 Å². The average molecular weight is 478 g/mol. The summed E-state index contributed by atoms with van der Waals surface area (Å²) in [4.78, 5) is 22.1. The van der Waals surface area contributed by atoms with Crippen molar-refractivity contribution < 1.29 is 23.1 Å². The van der Waals surface area contributed by atoms with E-state index in [1.165, 1.54) is 10.5 Å². The summed E-state index contributed by atoms with van der Waals surface area (Å²) in [5, 5.41) is 20.3. The molecular weight excluding hydrogens is 457 g/mol. The molecule has 30 heavy (non-hydrogen) atoms. The zero-order chi connectivity index (χ0) is 22.3. The van der Waals surface area contributed by atoms with Gasteiger partial charge in [0.2, 0.25) is 10.0 Å². The van der Waals surface area contributed by atoms with Crippen LogP contribution in [0.4, 0.5) is 10.5 Å². The summed E-state index contributed by atoms with van der Waals surface area (Å²) in [6.45, 7) is 0.785. The zero-order valence-corrected chi connectivity index (χ0v) is 18.3. The fraction of sp³-hybridized carbons (Fsp3) is 0.353. The monoisotopic (exact) mass is 477 g/mol. The fourth-order valence-corrected chi connectivity index (χ4v) is 4.18. The summed E-state index contributed by atoms with van der Waals surface area (Å²) in [6.07, 6.45) is 4.24. The normalized spacial score (nSPS) is 15.0. The number of piperidine rings is 1. The molecule has 0 spiro atoms. The number of aromatic amines is 1. The number of carboxylic acid groups (broad SMARTS) is 1. The van der Waals surface area contributed by atoms with E-state index >= 15 is 0 Å². The maximum Gasteiger partial charge on any atom is 0.404 e. The second-order valence-electron chi connectivity index (χ2n) is 6.42. The third kappa shape index (κ3) is 7.17. The Balaban J connectivity index is 0.000000216. The van der Waals surface area contributed by atoms with E-state index in [4.69, 9.17) is 28.3 Å². The molecule has 164 valence electrons. The van der Waals surface area contributed by atoms with Gasteiger partial charge in [0.25, 0.3) is 5.91 Å². The van der Waals surface area contributed by atoms with Crippen molar-refractivity contribution in [2.45, 2.75) is 18.9 Å². The van der Waals surface area contributed by atoms with E-state index < -0.39 is 16.1 Å². The molecule has 0 saturated carbocycles. The highest BCUT2D eigenvalue weighted by atomic mass is 35.5. The summed E-state index contributed by atoms with van der Waals surface area (Å²) in [7, 11) is -3.12. The lowest BCUT2D eigenvalue weighted by atomic mass is 10.1. The van der Waals surface area contributed by atoms with E-state index in [0.29, 0.717) is 41.7 Å². The lowest BCUT2D eigenvalue weighted by Crippen LogP contribution is -2.45. The van der Waals surface area contributed by atoms with Gasteiger partial charge in [-0.15, -0.1) is 0 Å². The first-order valence-electron chi connectivity index (χ1n) is 8.76. The minimum absolute atomic E-state index is 0.120. The average Bonchev–Trinajstić information content (AvgIpc) is 3.14. The molecule has 2 heterocycles. The first-order chi connectivity index (χ1) is 14.1. The van der Waals surface area contributed by atoms with Crippen LogP contribution in [0.5, 0.6) is 0 Å². The highest BCUT2D eigenvalue weighted by Crippen LogP contribution is 2.25. The van der Waals surface area contributed by atoms with Crippen LogP contribution in [0.15, 0.2) is 30.6 Å². The molecule has 0 unspecified atom stereocenters. The molecule has 0 aliphatic carbocycles. The van der Waals surface area contributed by atoms with Gasteiger partial charge >= 0.3 is 6.09 Å². The fourth-order valence-electron chi connectivity index (χ4n) is 2.73. The number of anilines is 1. The van der Waals surface area contributed by atoms with Crippen LogP contribution in [-0.4, -0.2) is 65.4 Å². The van der Waals surface area contributed by atoms with E-state index in [1.807, 2.05) is 0 Å². The summed E-state index contributed by atoms with van der Waals surface area (Å²) >= 11 is 11.8. The van der Waals surface area contributed by atoms with Gasteiger partial charge < -0.3 is 15.7 Å². The van der Waals surface area contributed by atoms with Crippen LogP contribution in [0.2, 0.25) is 10.0 Å². The van der Waals surface area contributed by atoms with Gasteiger partial charge in [0.05, 0.1) is 33.7 Å². The highest BCUT2D eigenvalue weighted by molar-refractivity contribution is 7.88. The van der Waals surface area contributed by atoms with Gasteiger partial charge in [0, 0.05) is 25.3 Å². The predicted octanol–water partition coefficient (Wildman–Crippen LogP) is 2.65. The van der Waals surface area contributed by atoms with E-state index in [9.17, 15) is 18.0 Å². The molecule has 1 aliphatic heterocycles. The van der Waals surface area contributed by atoms with Crippen molar-refractivity contribution in [3.8, 4) is 0 Å². The van der Waals surface area contributed by atoms with Crippen molar-refractivity contribution in [1.82, 2.24) is 19.8 Å². The number of aromatic nitrogens is 2. The summed E-state index contributed by atoms with van der Waals surface area (Å²) in [6, 6.07) is 4.78. The minimum atomic E-state index is -3.12. The van der Waals surface area contributed by atoms with Gasteiger partial charge in [-0.25, -0.2) is 17.5 Å². The number of halogens is 2. The molecule has 1 aliphatic rings. The summed E-state index contributed by atoms with van der Waals surface area (Å²) in [5.41, 5.74) is 0.813. The number of rotatable bonds is 4.